The number of nitrogen functional groups attached to an aromatic ring is 1. The van der Waals surface area contributed by atoms with Gasteiger partial charge in [-0.3, -0.25) is 9.80 Å². The molecule has 0 spiro atoms. The first kappa shape index (κ1) is 17.2. The Bertz CT molecular complexity index is 570. The largest absolute Gasteiger partial charge is 0.494 e. The van der Waals surface area contributed by atoms with Crippen LogP contribution in [0.5, 0.6) is 5.75 Å². The summed E-state index contributed by atoms with van der Waals surface area (Å²) in [7, 11) is 1.71. The third-order valence-corrected chi connectivity index (χ3v) is 5.44. The number of piperazine rings is 1. The molecule has 1 saturated heterocycles. The van der Waals surface area contributed by atoms with E-state index in [1.54, 1.807) is 7.11 Å². The number of nitrogens with zero attached hydrogens (tertiary/aromatic N) is 3. The van der Waals surface area contributed by atoms with Crippen molar-refractivity contribution < 1.29 is 4.74 Å². The number of fused-ring (bicyclic) bond motifs is 1. The van der Waals surface area contributed by atoms with Gasteiger partial charge >= 0.3 is 0 Å². The molecular weight excluding hydrogens is 304 g/mol. The quantitative estimate of drug-likeness (QED) is 0.507. The van der Waals surface area contributed by atoms with Crippen molar-refractivity contribution in [1.29, 1.82) is 0 Å². The highest BCUT2D eigenvalue weighted by molar-refractivity contribution is 5.60. The summed E-state index contributed by atoms with van der Waals surface area (Å²) in [5.41, 5.74) is 9.50. The zero-order valence-electron chi connectivity index (χ0n) is 14.5. The molecular formula is C18H28N4O2. The van der Waals surface area contributed by atoms with E-state index in [2.05, 4.69) is 21.0 Å². The van der Waals surface area contributed by atoms with E-state index >= 15 is 0 Å². The van der Waals surface area contributed by atoms with Crippen molar-refractivity contribution in [3.8, 4) is 5.75 Å². The Morgan fingerprint density at radius 2 is 2.08 bits per heavy atom. The van der Waals surface area contributed by atoms with Gasteiger partial charge in [-0.25, -0.2) is 0 Å². The second kappa shape index (κ2) is 7.94. The molecule has 0 radical (unpaired) electrons. The first-order chi connectivity index (χ1) is 11.7. The average Bonchev–Trinajstić information content (AvgIpc) is 2.83. The summed E-state index contributed by atoms with van der Waals surface area (Å²) in [6.07, 6.45) is 4.51. The number of nitrogens with two attached hydrogens (primary N) is 1. The molecule has 0 unspecified atom stereocenters. The SMILES string of the molecule is COc1c(N)ccc2c1CCC[C@H](N1CCN(CCN=O)CC1)C2. The predicted molar refractivity (Wildman–Crippen MR) is 96.5 cm³/mol. The second-order valence-electron chi connectivity index (χ2n) is 6.81. The zero-order chi connectivity index (χ0) is 16.9. The maximum Gasteiger partial charge on any atom is 0.145 e. The molecule has 24 heavy (non-hydrogen) atoms. The average molecular weight is 332 g/mol. The minimum Gasteiger partial charge on any atom is -0.494 e. The molecule has 2 N–H and O–H groups in total. The van der Waals surface area contributed by atoms with Crippen LogP contribution >= 0.6 is 0 Å². The van der Waals surface area contributed by atoms with Crippen molar-refractivity contribution in [2.24, 2.45) is 5.18 Å². The molecule has 3 rings (SSSR count). The second-order valence-corrected chi connectivity index (χ2v) is 6.81. The lowest BCUT2D eigenvalue weighted by Crippen LogP contribution is -2.51. The van der Waals surface area contributed by atoms with E-state index in [-0.39, 0.29) is 0 Å². The zero-order valence-corrected chi connectivity index (χ0v) is 14.5. The maximum absolute atomic E-state index is 10.3. The van der Waals surface area contributed by atoms with Crippen LogP contribution in [0.2, 0.25) is 0 Å². The molecule has 1 aliphatic heterocycles. The third-order valence-electron chi connectivity index (χ3n) is 5.44. The fraction of sp³-hybridized carbons (Fsp3) is 0.667. The highest BCUT2D eigenvalue weighted by Gasteiger charge is 2.27. The van der Waals surface area contributed by atoms with E-state index < -0.39 is 0 Å². The van der Waals surface area contributed by atoms with Crippen molar-refractivity contribution in [3.05, 3.63) is 28.2 Å². The van der Waals surface area contributed by atoms with E-state index in [1.807, 2.05) is 6.07 Å². The molecule has 1 aromatic rings. The smallest absolute Gasteiger partial charge is 0.145 e. The van der Waals surface area contributed by atoms with Gasteiger partial charge < -0.3 is 10.5 Å². The maximum atomic E-state index is 10.3. The van der Waals surface area contributed by atoms with E-state index in [9.17, 15) is 4.91 Å². The molecule has 1 aromatic carbocycles. The van der Waals surface area contributed by atoms with Gasteiger partial charge in [0.05, 0.1) is 19.3 Å². The fourth-order valence-corrected chi connectivity index (χ4v) is 4.11. The number of ether oxygens (including phenoxy) is 1. The molecule has 2 aliphatic rings. The van der Waals surface area contributed by atoms with E-state index in [1.165, 1.54) is 24.0 Å². The Labute approximate surface area is 143 Å². The van der Waals surface area contributed by atoms with Gasteiger partial charge in [-0.05, 0) is 42.9 Å². The van der Waals surface area contributed by atoms with Crippen molar-refractivity contribution in [3.63, 3.8) is 0 Å². The van der Waals surface area contributed by atoms with Crippen molar-refractivity contribution in [1.82, 2.24) is 9.80 Å². The van der Waals surface area contributed by atoms with Crippen LogP contribution in [0.15, 0.2) is 17.3 Å². The third kappa shape index (κ3) is 3.70. The van der Waals surface area contributed by atoms with Gasteiger partial charge in [-0.15, -0.1) is 0 Å². The Hall–Kier alpha value is -1.66. The molecule has 0 saturated carbocycles. The summed E-state index contributed by atoms with van der Waals surface area (Å²) in [4.78, 5) is 15.2. The van der Waals surface area contributed by atoms with Crippen LogP contribution in [0.4, 0.5) is 5.69 Å². The standard InChI is InChI=1S/C18H28N4O2/c1-24-18-16-4-2-3-15(13-14(16)5-6-17(18)19)22-11-9-21(10-12-22)8-7-20-23/h5-6,15H,2-4,7-13,19H2,1H3/t15-/m0/s1. The van der Waals surface area contributed by atoms with Gasteiger partial charge in [0.15, 0.2) is 0 Å². The molecule has 1 fully saturated rings. The van der Waals surface area contributed by atoms with Gasteiger partial charge in [-0.2, -0.15) is 4.91 Å². The molecule has 6 nitrogen and oxygen atoms in total. The molecule has 0 amide bonds. The lowest BCUT2D eigenvalue weighted by atomic mass is 9.99. The minimum atomic E-state index is 0.401. The summed E-state index contributed by atoms with van der Waals surface area (Å²) in [6.45, 7) is 5.41. The van der Waals surface area contributed by atoms with Crippen LogP contribution in [0.1, 0.15) is 24.0 Å². The van der Waals surface area contributed by atoms with Crippen LogP contribution < -0.4 is 10.5 Å². The van der Waals surface area contributed by atoms with E-state index in [0.29, 0.717) is 12.6 Å². The van der Waals surface area contributed by atoms with E-state index in [0.717, 1.165) is 57.0 Å². The number of methoxy groups -OCH3 is 1. The minimum absolute atomic E-state index is 0.401. The van der Waals surface area contributed by atoms with Gasteiger partial charge in [0.2, 0.25) is 0 Å². The summed E-state index contributed by atoms with van der Waals surface area (Å²) in [6, 6.07) is 4.74. The number of nitroso groups, excluding NO2 is 1. The van der Waals surface area contributed by atoms with Gasteiger partial charge in [0.25, 0.3) is 0 Å². The van der Waals surface area contributed by atoms with Crippen LogP contribution in [-0.4, -0.2) is 62.2 Å². The van der Waals surface area contributed by atoms with Crippen LogP contribution in [0.25, 0.3) is 0 Å². The Morgan fingerprint density at radius 3 is 2.79 bits per heavy atom. The number of anilines is 1. The lowest BCUT2D eigenvalue weighted by Gasteiger charge is -2.39. The van der Waals surface area contributed by atoms with Gasteiger partial charge in [0.1, 0.15) is 5.75 Å². The Kier molecular flexibility index (Phi) is 5.68. The van der Waals surface area contributed by atoms with Crippen LogP contribution in [0.3, 0.4) is 0 Å². The molecule has 132 valence electrons. The van der Waals surface area contributed by atoms with Crippen LogP contribution in [0, 0.1) is 4.91 Å². The summed E-state index contributed by atoms with van der Waals surface area (Å²) in [5, 5.41) is 2.97. The van der Waals surface area contributed by atoms with Crippen LogP contribution in [-0.2, 0) is 12.8 Å². The number of rotatable bonds is 5. The van der Waals surface area contributed by atoms with Crippen molar-refractivity contribution in [2.45, 2.75) is 31.7 Å². The first-order valence-corrected chi connectivity index (χ1v) is 8.92. The monoisotopic (exact) mass is 332 g/mol. The highest BCUT2D eigenvalue weighted by Crippen LogP contribution is 2.34. The number of benzene rings is 1. The summed E-state index contributed by atoms with van der Waals surface area (Å²) >= 11 is 0. The Balaban J connectivity index is 1.66. The molecule has 0 bridgehead atoms. The molecule has 1 heterocycles. The number of hydrogen-bond acceptors (Lipinski definition) is 6. The topological polar surface area (TPSA) is 71.2 Å². The molecule has 6 heteroatoms. The van der Waals surface area contributed by atoms with Gasteiger partial charge in [-0.1, -0.05) is 11.2 Å². The Morgan fingerprint density at radius 1 is 1.29 bits per heavy atom. The van der Waals surface area contributed by atoms with Gasteiger partial charge in [0, 0.05) is 38.8 Å². The number of hydrogen-bond donors (Lipinski definition) is 1. The molecule has 1 aliphatic carbocycles. The predicted octanol–water partition coefficient (Wildman–Crippen LogP) is 1.91. The fourth-order valence-electron chi connectivity index (χ4n) is 4.11. The molecule has 1 atom stereocenters. The van der Waals surface area contributed by atoms with E-state index in [4.69, 9.17) is 10.5 Å². The van der Waals surface area contributed by atoms with Crippen molar-refractivity contribution in [2.75, 3.05) is 52.1 Å². The lowest BCUT2D eigenvalue weighted by molar-refractivity contribution is 0.0938. The molecule has 0 aromatic heterocycles. The highest BCUT2D eigenvalue weighted by atomic mass is 16.5. The van der Waals surface area contributed by atoms with Crippen molar-refractivity contribution >= 4 is 5.69 Å². The first-order valence-electron chi connectivity index (χ1n) is 8.92. The summed E-state index contributed by atoms with van der Waals surface area (Å²) < 4.78 is 5.55. The summed E-state index contributed by atoms with van der Waals surface area (Å²) in [5.74, 6) is 0.874. The normalized spacial score (nSPS) is 22.6.